The van der Waals surface area contributed by atoms with Crippen molar-refractivity contribution < 1.29 is 13.2 Å². The third-order valence-electron chi connectivity index (χ3n) is 3.64. The minimum absolute atomic E-state index is 0.0657. The molecule has 1 amide bonds. The summed E-state index contributed by atoms with van der Waals surface area (Å²) in [6, 6.07) is 12.5. The van der Waals surface area contributed by atoms with Crippen molar-refractivity contribution in [3.63, 3.8) is 0 Å². The van der Waals surface area contributed by atoms with Gasteiger partial charge in [0.05, 0.1) is 4.90 Å². The SMILES string of the molecule is O=C(Nc1cccc(S(=O)(=O)NC2=NCCC2)c1)c1ccc(Cl)cc1. The predicted octanol–water partition coefficient (Wildman–Crippen LogP) is 3.06. The molecule has 0 bridgehead atoms. The van der Waals surface area contributed by atoms with Gasteiger partial charge < -0.3 is 5.32 Å². The molecule has 8 heteroatoms. The minimum atomic E-state index is -3.72. The molecule has 0 fully saturated rings. The number of amides is 1. The second-order valence-electron chi connectivity index (χ2n) is 5.53. The Morgan fingerprint density at radius 2 is 1.88 bits per heavy atom. The van der Waals surface area contributed by atoms with Crippen LogP contribution in [0.2, 0.25) is 5.02 Å². The van der Waals surface area contributed by atoms with Gasteiger partial charge in [0.2, 0.25) is 0 Å². The lowest BCUT2D eigenvalue weighted by Gasteiger charge is -2.10. The van der Waals surface area contributed by atoms with Gasteiger partial charge in [-0.2, -0.15) is 0 Å². The predicted molar refractivity (Wildman–Crippen MR) is 97.7 cm³/mol. The van der Waals surface area contributed by atoms with Crippen molar-refractivity contribution in [1.29, 1.82) is 0 Å². The fourth-order valence-corrected chi connectivity index (χ4v) is 3.64. The molecule has 0 aliphatic carbocycles. The summed E-state index contributed by atoms with van der Waals surface area (Å²) in [5.41, 5.74) is 0.812. The number of nitrogens with one attached hydrogen (secondary N) is 2. The van der Waals surface area contributed by atoms with Crippen LogP contribution in [0.15, 0.2) is 58.4 Å². The van der Waals surface area contributed by atoms with Gasteiger partial charge in [-0.3, -0.25) is 14.5 Å². The Labute approximate surface area is 151 Å². The number of amidine groups is 1. The van der Waals surface area contributed by atoms with Crippen LogP contribution < -0.4 is 10.0 Å². The van der Waals surface area contributed by atoms with E-state index in [1.54, 1.807) is 36.4 Å². The quantitative estimate of drug-likeness (QED) is 0.858. The average Bonchev–Trinajstić information content (AvgIpc) is 3.08. The van der Waals surface area contributed by atoms with Crippen molar-refractivity contribution in [3.8, 4) is 0 Å². The van der Waals surface area contributed by atoms with Crippen LogP contribution in [0.25, 0.3) is 0 Å². The molecule has 0 radical (unpaired) electrons. The van der Waals surface area contributed by atoms with Crippen LogP contribution in [0, 0.1) is 0 Å². The molecule has 0 saturated heterocycles. The third-order valence-corrected chi connectivity index (χ3v) is 5.27. The number of nitrogens with zero attached hydrogens (tertiary/aromatic N) is 1. The highest BCUT2D eigenvalue weighted by Gasteiger charge is 2.18. The molecule has 0 saturated carbocycles. The van der Waals surface area contributed by atoms with E-state index in [2.05, 4.69) is 15.0 Å². The lowest BCUT2D eigenvalue weighted by molar-refractivity contribution is 0.102. The van der Waals surface area contributed by atoms with Crippen molar-refractivity contribution in [2.75, 3.05) is 11.9 Å². The second kappa shape index (κ2) is 7.25. The normalized spacial score (nSPS) is 14.0. The number of carbonyl (C=O) groups is 1. The maximum Gasteiger partial charge on any atom is 0.262 e. The molecule has 2 aromatic rings. The molecule has 0 atom stereocenters. The van der Waals surface area contributed by atoms with Crippen LogP contribution >= 0.6 is 11.6 Å². The third kappa shape index (κ3) is 4.37. The summed E-state index contributed by atoms with van der Waals surface area (Å²) in [7, 11) is -3.72. The number of halogens is 1. The zero-order valence-electron chi connectivity index (χ0n) is 13.2. The van der Waals surface area contributed by atoms with E-state index in [1.165, 1.54) is 12.1 Å². The van der Waals surface area contributed by atoms with Gasteiger partial charge in [0.15, 0.2) is 0 Å². The van der Waals surface area contributed by atoms with Gasteiger partial charge in [0, 0.05) is 29.2 Å². The number of hydrogen-bond acceptors (Lipinski definition) is 4. The van der Waals surface area contributed by atoms with Gasteiger partial charge in [0.1, 0.15) is 5.84 Å². The van der Waals surface area contributed by atoms with E-state index in [-0.39, 0.29) is 10.8 Å². The van der Waals surface area contributed by atoms with Crippen LogP contribution in [0.1, 0.15) is 23.2 Å². The van der Waals surface area contributed by atoms with Crippen molar-refractivity contribution >= 4 is 39.1 Å². The largest absolute Gasteiger partial charge is 0.322 e. The first kappa shape index (κ1) is 17.4. The smallest absolute Gasteiger partial charge is 0.262 e. The first-order chi connectivity index (χ1) is 11.9. The molecule has 3 rings (SSSR count). The van der Waals surface area contributed by atoms with E-state index in [9.17, 15) is 13.2 Å². The minimum Gasteiger partial charge on any atom is -0.322 e. The van der Waals surface area contributed by atoms with Gasteiger partial charge in [-0.1, -0.05) is 17.7 Å². The summed E-state index contributed by atoms with van der Waals surface area (Å²) in [5.74, 6) is 0.120. The van der Waals surface area contributed by atoms with Crippen molar-refractivity contribution in [2.24, 2.45) is 4.99 Å². The maximum absolute atomic E-state index is 12.4. The molecule has 0 aromatic heterocycles. The maximum atomic E-state index is 12.4. The number of sulfonamides is 1. The number of hydrogen-bond donors (Lipinski definition) is 2. The van der Waals surface area contributed by atoms with E-state index in [0.29, 0.717) is 35.1 Å². The number of aliphatic imine (C=N–C) groups is 1. The molecule has 1 aliphatic heterocycles. The van der Waals surface area contributed by atoms with Gasteiger partial charge >= 0.3 is 0 Å². The standard InChI is InChI=1S/C17H16ClN3O3S/c18-13-8-6-12(7-9-13)17(22)20-14-3-1-4-15(11-14)25(23,24)21-16-5-2-10-19-16/h1,3-4,6-9,11H,2,5,10H2,(H,19,21)(H,20,22). The number of anilines is 1. The average molecular weight is 378 g/mol. The van der Waals surface area contributed by atoms with Crippen LogP contribution in [-0.4, -0.2) is 26.7 Å². The summed E-state index contributed by atoms with van der Waals surface area (Å²) in [6.45, 7) is 0.634. The van der Waals surface area contributed by atoms with Gasteiger partial charge in [-0.05, 0) is 48.9 Å². The summed E-state index contributed by atoms with van der Waals surface area (Å²) in [4.78, 5) is 16.4. The molecule has 6 nitrogen and oxygen atoms in total. The van der Waals surface area contributed by atoms with Gasteiger partial charge in [-0.15, -0.1) is 0 Å². The first-order valence-electron chi connectivity index (χ1n) is 7.67. The van der Waals surface area contributed by atoms with Crippen LogP contribution in [0.4, 0.5) is 5.69 Å². The zero-order chi connectivity index (χ0) is 17.9. The molecule has 130 valence electrons. The first-order valence-corrected chi connectivity index (χ1v) is 9.53. The highest BCUT2D eigenvalue weighted by Crippen LogP contribution is 2.18. The van der Waals surface area contributed by atoms with Crippen molar-refractivity contribution in [1.82, 2.24) is 4.72 Å². The highest BCUT2D eigenvalue weighted by molar-refractivity contribution is 7.90. The lowest BCUT2D eigenvalue weighted by atomic mass is 10.2. The topological polar surface area (TPSA) is 87.6 Å². The van der Waals surface area contributed by atoms with Crippen molar-refractivity contribution in [2.45, 2.75) is 17.7 Å². The molecular weight excluding hydrogens is 362 g/mol. The molecule has 0 unspecified atom stereocenters. The van der Waals surface area contributed by atoms with E-state index in [1.807, 2.05) is 0 Å². The van der Waals surface area contributed by atoms with E-state index >= 15 is 0 Å². The molecule has 1 aliphatic rings. The number of carbonyl (C=O) groups excluding carboxylic acids is 1. The monoisotopic (exact) mass is 377 g/mol. The number of benzene rings is 2. The van der Waals surface area contributed by atoms with Crippen molar-refractivity contribution in [3.05, 3.63) is 59.1 Å². The Morgan fingerprint density at radius 3 is 2.56 bits per heavy atom. The fourth-order valence-electron chi connectivity index (χ4n) is 2.38. The van der Waals surface area contributed by atoms with Crippen LogP contribution in [0.5, 0.6) is 0 Å². The van der Waals surface area contributed by atoms with E-state index in [0.717, 1.165) is 6.42 Å². The summed E-state index contributed by atoms with van der Waals surface area (Å²) >= 11 is 5.80. The Bertz CT molecular complexity index is 924. The Balaban J connectivity index is 1.76. The lowest BCUT2D eigenvalue weighted by Crippen LogP contribution is -2.29. The Kier molecular flexibility index (Phi) is 5.06. The van der Waals surface area contributed by atoms with Crippen LogP contribution in [0.3, 0.4) is 0 Å². The molecule has 2 aromatic carbocycles. The Morgan fingerprint density at radius 1 is 1.12 bits per heavy atom. The highest BCUT2D eigenvalue weighted by atomic mass is 35.5. The zero-order valence-corrected chi connectivity index (χ0v) is 14.8. The summed E-state index contributed by atoms with van der Waals surface area (Å²) in [6.07, 6.45) is 1.46. The van der Waals surface area contributed by atoms with Gasteiger partial charge in [0.25, 0.3) is 15.9 Å². The molecular formula is C17H16ClN3O3S. The summed E-state index contributed by atoms with van der Waals surface area (Å²) in [5, 5.41) is 3.21. The van der Waals surface area contributed by atoms with Gasteiger partial charge in [-0.25, -0.2) is 8.42 Å². The molecule has 0 spiro atoms. The molecule has 25 heavy (non-hydrogen) atoms. The molecule has 2 N–H and O–H groups in total. The summed E-state index contributed by atoms with van der Waals surface area (Å²) < 4.78 is 27.3. The Hall–Kier alpha value is -2.38. The number of rotatable bonds is 4. The molecule has 1 heterocycles. The van der Waals surface area contributed by atoms with Crippen LogP contribution in [-0.2, 0) is 10.0 Å². The fraction of sp³-hybridized carbons (Fsp3) is 0.176. The second-order valence-corrected chi connectivity index (χ2v) is 7.65. The van der Waals surface area contributed by atoms with E-state index in [4.69, 9.17) is 11.6 Å². The van der Waals surface area contributed by atoms with E-state index < -0.39 is 10.0 Å².